The van der Waals surface area contributed by atoms with E-state index in [2.05, 4.69) is 0 Å². The van der Waals surface area contributed by atoms with Crippen LogP contribution in [0, 0.1) is 0 Å². The third-order valence-corrected chi connectivity index (χ3v) is 5.84. The second-order valence-electron chi connectivity index (χ2n) is 5.52. The maximum absolute atomic E-state index is 12.5. The summed E-state index contributed by atoms with van der Waals surface area (Å²) >= 11 is 0. The number of hydrogen-bond acceptors (Lipinski definition) is 5. The van der Waals surface area contributed by atoms with Gasteiger partial charge in [0.2, 0.25) is 21.8 Å². The highest BCUT2D eigenvalue weighted by Gasteiger charge is 2.29. The number of carbonyl (C=O) groups excluding carboxylic acids is 2. The van der Waals surface area contributed by atoms with E-state index >= 15 is 0 Å². The first-order valence-corrected chi connectivity index (χ1v) is 9.21. The molecule has 2 amide bonds. The number of nitrogens with one attached hydrogen (secondary N) is 1. The molecule has 1 heterocycles. The molecule has 0 spiro atoms. The Morgan fingerprint density at radius 2 is 1.67 bits per heavy atom. The molecule has 132 valence electrons. The van der Waals surface area contributed by atoms with Crippen molar-refractivity contribution >= 4 is 21.8 Å². The number of piperazine rings is 1. The summed E-state index contributed by atoms with van der Waals surface area (Å²) in [5.41, 5.74) is 2.02. The van der Waals surface area contributed by atoms with Gasteiger partial charge in [0.15, 0.2) is 0 Å². The first kappa shape index (κ1) is 18.4. The zero-order chi connectivity index (χ0) is 17.6. The highest BCUT2D eigenvalue weighted by atomic mass is 32.2. The van der Waals surface area contributed by atoms with Crippen molar-refractivity contribution in [2.75, 3.05) is 26.2 Å². The van der Waals surface area contributed by atoms with Gasteiger partial charge in [-0.25, -0.2) is 14.3 Å². The molecule has 0 atom stereocenters. The Bertz CT molecular complexity index is 670. The van der Waals surface area contributed by atoms with Gasteiger partial charge in [-0.1, -0.05) is 18.2 Å². The van der Waals surface area contributed by atoms with Gasteiger partial charge >= 0.3 is 0 Å². The average molecular weight is 354 g/mol. The van der Waals surface area contributed by atoms with Gasteiger partial charge in [-0.2, -0.15) is 4.31 Å². The van der Waals surface area contributed by atoms with Crippen LogP contribution in [0.15, 0.2) is 35.2 Å². The van der Waals surface area contributed by atoms with Crippen molar-refractivity contribution < 1.29 is 18.0 Å². The lowest BCUT2D eigenvalue weighted by Gasteiger charge is -2.34. The summed E-state index contributed by atoms with van der Waals surface area (Å²) in [5, 5.41) is 0. The topological polar surface area (TPSA) is 113 Å². The standard InChI is InChI=1S/C15H22N4O4S/c16-17-14(20)7-4-8-15(21)18-9-11-19(12-10-18)24(22,23)13-5-2-1-3-6-13/h1-3,5-6H,4,7-12,16H2,(H,17,20). The molecule has 1 aliphatic heterocycles. The summed E-state index contributed by atoms with van der Waals surface area (Å²) in [5.74, 6) is 4.60. The second kappa shape index (κ2) is 8.22. The molecule has 0 unspecified atom stereocenters. The number of sulfonamides is 1. The molecule has 9 heteroatoms. The van der Waals surface area contributed by atoms with Crippen LogP contribution in [0.5, 0.6) is 0 Å². The summed E-state index contributed by atoms with van der Waals surface area (Å²) in [6.45, 7) is 1.25. The molecule has 3 N–H and O–H groups in total. The van der Waals surface area contributed by atoms with Crippen molar-refractivity contribution in [1.29, 1.82) is 0 Å². The van der Waals surface area contributed by atoms with E-state index in [0.717, 1.165) is 0 Å². The Morgan fingerprint density at radius 1 is 1.04 bits per heavy atom. The minimum atomic E-state index is -3.51. The van der Waals surface area contributed by atoms with Gasteiger partial charge in [0.25, 0.3) is 0 Å². The van der Waals surface area contributed by atoms with E-state index in [1.807, 2.05) is 5.43 Å². The number of nitrogens with two attached hydrogens (primary N) is 1. The lowest BCUT2D eigenvalue weighted by Crippen LogP contribution is -2.50. The first-order chi connectivity index (χ1) is 11.4. The molecule has 0 aromatic heterocycles. The van der Waals surface area contributed by atoms with E-state index in [0.29, 0.717) is 19.5 Å². The molecule has 1 saturated heterocycles. The zero-order valence-corrected chi connectivity index (χ0v) is 14.2. The highest BCUT2D eigenvalue weighted by Crippen LogP contribution is 2.17. The van der Waals surface area contributed by atoms with Crippen molar-refractivity contribution in [1.82, 2.24) is 14.6 Å². The Balaban J connectivity index is 1.85. The third kappa shape index (κ3) is 4.53. The van der Waals surface area contributed by atoms with E-state index in [1.165, 1.54) is 4.31 Å². The predicted molar refractivity (Wildman–Crippen MR) is 88.0 cm³/mol. The smallest absolute Gasteiger partial charge is 0.243 e. The molecule has 1 aromatic carbocycles. The lowest BCUT2D eigenvalue weighted by molar-refractivity contribution is -0.132. The van der Waals surface area contributed by atoms with E-state index < -0.39 is 10.0 Å². The highest BCUT2D eigenvalue weighted by molar-refractivity contribution is 7.89. The molecule has 2 rings (SSSR count). The number of hydrogen-bond donors (Lipinski definition) is 2. The van der Waals surface area contributed by atoms with Crippen LogP contribution in [-0.2, 0) is 19.6 Å². The molecule has 0 saturated carbocycles. The van der Waals surface area contributed by atoms with Gasteiger partial charge in [-0.05, 0) is 18.6 Å². The number of amides is 2. The number of rotatable bonds is 6. The number of hydrazine groups is 1. The van der Waals surface area contributed by atoms with Crippen LogP contribution in [0.1, 0.15) is 19.3 Å². The van der Waals surface area contributed by atoms with Gasteiger partial charge in [-0.3, -0.25) is 15.0 Å². The normalized spacial score (nSPS) is 16.0. The van der Waals surface area contributed by atoms with Crippen LogP contribution in [0.4, 0.5) is 0 Å². The summed E-state index contributed by atoms with van der Waals surface area (Å²) in [6, 6.07) is 8.26. The van der Waals surface area contributed by atoms with Crippen LogP contribution in [0.2, 0.25) is 0 Å². The fourth-order valence-electron chi connectivity index (χ4n) is 2.55. The second-order valence-corrected chi connectivity index (χ2v) is 7.46. The summed E-state index contributed by atoms with van der Waals surface area (Å²) < 4.78 is 26.4. The van der Waals surface area contributed by atoms with Crippen molar-refractivity contribution in [3.8, 4) is 0 Å². The molecular weight excluding hydrogens is 332 g/mol. The number of carbonyl (C=O) groups is 2. The van der Waals surface area contributed by atoms with E-state index in [9.17, 15) is 18.0 Å². The van der Waals surface area contributed by atoms with Crippen molar-refractivity contribution in [3.05, 3.63) is 30.3 Å². The maximum Gasteiger partial charge on any atom is 0.243 e. The Morgan fingerprint density at radius 3 is 2.25 bits per heavy atom. The van der Waals surface area contributed by atoms with Gasteiger partial charge in [0, 0.05) is 39.0 Å². The summed E-state index contributed by atoms with van der Waals surface area (Å²) in [4.78, 5) is 25.0. The van der Waals surface area contributed by atoms with Crippen LogP contribution in [0.25, 0.3) is 0 Å². The van der Waals surface area contributed by atoms with E-state index in [-0.39, 0.29) is 42.6 Å². The molecule has 1 aromatic rings. The minimum Gasteiger partial charge on any atom is -0.340 e. The Labute approximate surface area is 141 Å². The Kier molecular flexibility index (Phi) is 6.29. The molecule has 8 nitrogen and oxygen atoms in total. The van der Waals surface area contributed by atoms with Crippen molar-refractivity contribution in [2.45, 2.75) is 24.2 Å². The van der Waals surface area contributed by atoms with Gasteiger partial charge < -0.3 is 4.90 Å². The van der Waals surface area contributed by atoms with Crippen LogP contribution in [-0.4, -0.2) is 55.6 Å². The number of benzene rings is 1. The molecule has 0 aliphatic carbocycles. The van der Waals surface area contributed by atoms with Gasteiger partial charge in [0.1, 0.15) is 0 Å². The zero-order valence-electron chi connectivity index (χ0n) is 13.3. The van der Waals surface area contributed by atoms with E-state index in [4.69, 9.17) is 5.84 Å². The monoisotopic (exact) mass is 354 g/mol. The van der Waals surface area contributed by atoms with Crippen LogP contribution >= 0.6 is 0 Å². The molecule has 0 radical (unpaired) electrons. The summed E-state index contributed by atoms with van der Waals surface area (Å²) in [6.07, 6.45) is 0.869. The van der Waals surface area contributed by atoms with Crippen molar-refractivity contribution in [3.63, 3.8) is 0 Å². The van der Waals surface area contributed by atoms with Gasteiger partial charge in [0.05, 0.1) is 4.90 Å². The van der Waals surface area contributed by atoms with Crippen LogP contribution < -0.4 is 11.3 Å². The summed E-state index contributed by atoms with van der Waals surface area (Å²) in [7, 11) is -3.51. The first-order valence-electron chi connectivity index (χ1n) is 7.77. The minimum absolute atomic E-state index is 0.0726. The maximum atomic E-state index is 12.5. The molecule has 1 aliphatic rings. The van der Waals surface area contributed by atoms with Crippen LogP contribution in [0.3, 0.4) is 0 Å². The quantitative estimate of drug-likeness (QED) is 0.413. The SMILES string of the molecule is NNC(=O)CCCC(=O)N1CCN(S(=O)(=O)c2ccccc2)CC1. The van der Waals surface area contributed by atoms with E-state index in [1.54, 1.807) is 35.2 Å². The van der Waals surface area contributed by atoms with Gasteiger partial charge in [-0.15, -0.1) is 0 Å². The molecular formula is C15H22N4O4S. The molecule has 1 fully saturated rings. The predicted octanol–water partition coefficient (Wildman–Crippen LogP) is -0.320. The Hall–Kier alpha value is -1.97. The lowest BCUT2D eigenvalue weighted by atomic mass is 10.2. The third-order valence-electron chi connectivity index (χ3n) is 3.93. The molecule has 24 heavy (non-hydrogen) atoms. The fourth-order valence-corrected chi connectivity index (χ4v) is 3.99. The number of nitrogens with zero attached hydrogens (tertiary/aromatic N) is 2. The molecule has 0 bridgehead atoms. The van der Waals surface area contributed by atoms with Crippen molar-refractivity contribution in [2.24, 2.45) is 5.84 Å². The average Bonchev–Trinajstić information content (AvgIpc) is 2.62. The fraction of sp³-hybridized carbons (Fsp3) is 0.467. The largest absolute Gasteiger partial charge is 0.340 e.